The fraction of sp³-hybridized carbons (Fsp3) is 0.588. The van der Waals surface area contributed by atoms with Crippen LogP contribution in [0.3, 0.4) is 0 Å². The molecule has 0 spiro atoms. The summed E-state index contributed by atoms with van der Waals surface area (Å²) in [6, 6.07) is 0. The summed E-state index contributed by atoms with van der Waals surface area (Å²) in [4.78, 5) is 20.3. The highest BCUT2D eigenvalue weighted by atomic mass is 32.2. The predicted molar refractivity (Wildman–Crippen MR) is 92.0 cm³/mol. The molecule has 0 bridgehead atoms. The molecule has 2 unspecified atom stereocenters. The molecule has 1 aliphatic heterocycles. The van der Waals surface area contributed by atoms with Crippen molar-refractivity contribution in [2.24, 2.45) is 11.8 Å². The summed E-state index contributed by atoms with van der Waals surface area (Å²) in [7, 11) is 0. The lowest BCUT2D eigenvalue weighted by Gasteiger charge is -2.27. The molecule has 6 heteroatoms. The summed E-state index contributed by atoms with van der Waals surface area (Å²) in [5.74, 6) is 0.320. The Hall–Kier alpha value is -1.56. The smallest absolute Gasteiger partial charge is 0.306 e. The number of allylic oxidation sites excluding steroid dienone is 1. The van der Waals surface area contributed by atoms with Gasteiger partial charge in [-0.05, 0) is 43.4 Å². The molecule has 1 aromatic heterocycles. The van der Waals surface area contributed by atoms with Gasteiger partial charge in [-0.25, -0.2) is 4.98 Å². The number of nitrogens with zero attached hydrogens (tertiary/aromatic N) is 2. The van der Waals surface area contributed by atoms with Crippen molar-refractivity contribution in [2.75, 3.05) is 5.73 Å². The van der Waals surface area contributed by atoms with Gasteiger partial charge < -0.3 is 10.8 Å². The van der Waals surface area contributed by atoms with Crippen molar-refractivity contribution in [3.8, 4) is 0 Å². The Bertz CT molecular complexity index is 612. The molecule has 3 N–H and O–H groups in total. The van der Waals surface area contributed by atoms with Gasteiger partial charge in [-0.2, -0.15) is 0 Å². The Morgan fingerprint density at radius 1 is 1.39 bits per heavy atom. The number of nitrogens with two attached hydrogens (primary N) is 1. The molecule has 0 saturated heterocycles. The molecular weight excluding hydrogens is 310 g/mol. The first kappa shape index (κ1) is 16.3. The normalized spacial score (nSPS) is 30.5. The fourth-order valence-electron chi connectivity index (χ4n) is 3.55. The molecule has 1 aromatic rings. The number of nitrogen functional groups attached to an aromatic ring is 1. The van der Waals surface area contributed by atoms with Crippen LogP contribution >= 0.6 is 11.8 Å². The van der Waals surface area contributed by atoms with Crippen molar-refractivity contribution in [1.29, 1.82) is 0 Å². The van der Waals surface area contributed by atoms with E-state index in [1.807, 2.05) is 0 Å². The van der Waals surface area contributed by atoms with Crippen molar-refractivity contribution in [3.05, 3.63) is 29.1 Å². The summed E-state index contributed by atoms with van der Waals surface area (Å²) < 4.78 is 0. The van der Waals surface area contributed by atoms with Crippen LogP contribution in [0.5, 0.6) is 0 Å². The third-order valence-electron chi connectivity index (χ3n) is 5.01. The number of carboxylic acid groups (broad SMARTS) is 1. The Balaban J connectivity index is 1.78. The zero-order valence-corrected chi connectivity index (χ0v) is 14.1. The van der Waals surface area contributed by atoms with Gasteiger partial charge in [0.15, 0.2) is 0 Å². The van der Waals surface area contributed by atoms with Crippen LogP contribution < -0.4 is 5.73 Å². The maximum Gasteiger partial charge on any atom is 0.306 e. The van der Waals surface area contributed by atoms with Crippen molar-refractivity contribution >= 4 is 23.5 Å². The summed E-state index contributed by atoms with van der Waals surface area (Å²) in [6.45, 7) is 2.19. The molecule has 1 saturated carbocycles. The number of aromatic nitrogens is 2. The van der Waals surface area contributed by atoms with Crippen LogP contribution in [-0.4, -0.2) is 21.0 Å². The first-order valence-electron chi connectivity index (χ1n) is 8.27. The van der Waals surface area contributed by atoms with E-state index < -0.39 is 5.97 Å². The second-order valence-corrected chi connectivity index (χ2v) is 7.46. The van der Waals surface area contributed by atoms with Gasteiger partial charge in [0.1, 0.15) is 5.82 Å². The summed E-state index contributed by atoms with van der Waals surface area (Å²) in [5, 5.41) is 11.6. The molecule has 1 fully saturated rings. The first-order chi connectivity index (χ1) is 11.1. The second-order valence-electron chi connectivity index (χ2n) is 6.41. The van der Waals surface area contributed by atoms with Crippen LogP contribution in [0.4, 0.5) is 5.82 Å². The van der Waals surface area contributed by atoms with Crippen LogP contribution in [0, 0.1) is 11.8 Å². The number of hydrogen-bond acceptors (Lipinski definition) is 5. The van der Waals surface area contributed by atoms with Crippen molar-refractivity contribution in [2.45, 2.75) is 50.2 Å². The Labute approximate surface area is 140 Å². The van der Waals surface area contributed by atoms with E-state index in [1.54, 1.807) is 18.0 Å². The van der Waals surface area contributed by atoms with E-state index in [4.69, 9.17) is 15.8 Å². The van der Waals surface area contributed by atoms with E-state index in [0.717, 1.165) is 30.7 Å². The van der Waals surface area contributed by atoms with Crippen LogP contribution in [0.2, 0.25) is 0 Å². The highest BCUT2D eigenvalue weighted by Gasteiger charge is 2.31. The van der Waals surface area contributed by atoms with Gasteiger partial charge in [-0.1, -0.05) is 13.0 Å². The number of aliphatic carboxylic acids is 1. The summed E-state index contributed by atoms with van der Waals surface area (Å²) in [6.07, 6.45) is 8.17. The molecule has 2 atom stereocenters. The van der Waals surface area contributed by atoms with Gasteiger partial charge >= 0.3 is 5.97 Å². The van der Waals surface area contributed by atoms with E-state index in [9.17, 15) is 4.79 Å². The zero-order valence-electron chi connectivity index (χ0n) is 13.3. The van der Waals surface area contributed by atoms with Crippen LogP contribution in [0.15, 0.2) is 17.7 Å². The lowest BCUT2D eigenvalue weighted by molar-refractivity contribution is -0.142. The zero-order chi connectivity index (χ0) is 16.4. The molecule has 2 aliphatic rings. The van der Waals surface area contributed by atoms with Gasteiger partial charge in [0.05, 0.1) is 28.8 Å². The number of anilines is 1. The molecule has 0 radical (unpaired) electrons. The molecule has 1 aliphatic carbocycles. The standard InChI is InChI=1S/C17H23N3O2S/c1-2-10-7-8-23-15(10)13-9-19-16(18)14(20-13)11-3-5-12(6-4-11)17(21)22/h7-12,15H,2-6H2,1H3,(H2,18,19)(H,21,22). The van der Waals surface area contributed by atoms with Crippen molar-refractivity contribution < 1.29 is 9.90 Å². The molecule has 0 aromatic carbocycles. The largest absolute Gasteiger partial charge is 0.481 e. The van der Waals surface area contributed by atoms with Gasteiger partial charge in [0.2, 0.25) is 0 Å². The molecule has 3 rings (SSSR count). The molecular formula is C17H23N3O2S. The third-order valence-corrected chi connectivity index (χ3v) is 6.21. The number of hydrogen-bond donors (Lipinski definition) is 2. The maximum atomic E-state index is 11.1. The van der Waals surface area contributed by atoms with Crippen LogP contribution in [0.1, 0.15) is 61.6 Å². The quantitative estimate of drug-likeness (QED) is 0.872. The molecule has 23 heavy (non-hydrogen) atoms. The minimum Gasteiger partial charge on any atom is -0.481 e. The fourth-order valence-corrected chi connectivity index (χ4v) is 4.75. The van der Waals surface area contributed by atoms with E-state index in [1.165, 1.54) is 0 Å². The molecule has 2 heterocycles. The highest BCUT2D eigenvalue weighted by molar-refractivity contribution is 8.02. The van der Waals surface area contributed by atoms with Gasteiger partial charge in [0, 0.05) is 5.92 Å². The Kier molecular flexibility index (Phi) is 4.90. The van der Waals surface area contributed by atoms with Crippen molar-refractivity contribution in [3.63, 3.8) is 0 Å². The number of rotatable bonds is 4. The SMILES string of the molecule is CCC1C=CSC1c1cnc(N)c(C2CCC(C(=O)O)CC2)n1. The van der Waals surface area contributed by atoms with Crippen LogP contribution in [-0.2, 0) is 4.79 Å². The minimum atomic E-state index is -0.685. The monoisotopic (exact) mass is 333 g/mol. The summed E-state index contributed by atoms with van der Waals surface area (Å²) in [5.41, 5.74) is 7.93. The van der Waals surface area contributed by atoms with Gasteiger partial charge in [-0.15, -0.1) is 11.8 Å². The van der Waals surface area contributed by atoms with Crippen molar-refractivity contribution in [1.82, 2.24) is 9.97 Å². The van der Waals surface area contributed by atoms with E-state index >= 15 is 0 Å². The molecule has 124 valence electrons. The Morgan fingerprint density at radius 3 is 2.78 bits per heavy atom. The van der Waals surface area contributed by atoms with Gasteiger partial charge in [0.25, 0.3) is 0 Å². The van der Waals surface area contributed by atoms with Crippen LogP contribution in [0.25, 0.3) is 0 Å². The second kappa shape index (κ2) is 6.91. The van der Waals surface area contributed by atoms with E-state index in [0.29, 0.717) is 29.8 Å². The lowest BCUT2D eigenvalue weighted by Crippen LogP contribution is -2.22. The third kappa shape index (κ3) is 3.37. The molecule has 0 amide bonds. The highest BCUT2D eigenvalue weighted by Crippen LogP contribution is 2.44. The first-order valence-corrected chi connectivity index (χ1v) is 9.21. The number of thioether (sulfide) groups is 1. The predicted octanol–water partition coefficient (Wildman–Crippen LogP) is 3.75. The van der Waals surface area contributed by atoms with E-state index in [2.05, 4.69) is 23.4 Å². The average Bonchev–Trinajstić information content (AvgIpc) is 3.04. The van der Waals surface area contributed by atoms with Gasteiger partial charge in [-0.3, -0.25) is 9.78 Å². The average molecular weight is 333 g/mol. The lowest BCUT2D eigenvalue weighted by atomic mass is 9.80. The maximum absolute atomic E-state index is 11.1. The number of carboxylic acids is 1. The minimum absolute atomic E-state index is 0.220. The van der Waals surface area contributed by atoms with E-state index in [-0.39, 0.29) is 11.8 Å². The number of carbonyl (C=O) groups is 1. The Morgan fingerprint density at radius 2 is 2.13 bits per heavy atom. The summed E-state index contributed by atoms with van der Waals surface area (Å²) >= 11 is 1.79. The topological polar surface area (TPSA) is 89.1 Å². The molecule has 5 nitrogen and oxygen atoms in total.